The monoisotopic (exact) mass is 355 g/mol. The van der Waals surface area contributed by atoms with E-state index in [9.17, 15) is 4.79 Å². The molecule has 7 nitrogen and oxygen atoms in total. The summed E-state index contributed by atoms with van der Waals surface area (Å²) < 4.78 is 5.31. The Morgan fingerprint density at radius 1 is 1.12 bits per heavy atom. The Bertz CT molecular complexity index is 437. The highest BCUT2D eigenvalue weighted by Crippen LogP contribution is 2.09. The molecule has 1 aliphatic rings. The minimum atomic E-state index is -0.499. The maximum Gasteiger partial charge on any atom is 0.408 e. The fraction of sp³-hybridized carbons (Fsp3) is 0.889. The highest BCUT2D eigenvalue weighted by Gasteiger charge is 2.24. The van der Waals surface area contributed by atoms with Crippen LogP contribution in [0.4, 0.5) is 4.79 Å². The number of amides is 1. The van der Waals surface area contributed by atoms with Gasteiger partial charge in [-0.1, -0.05) is 0 Å². The number of nitrogens with one attached hydrogen (secondary N) is 3. The molecule has 1 fully saturated rings. The maximum absolute atomic E-state index is 11.9. The van der Waals surface area contributed by atoms with Gasteiger partial charge in [-0.15, -0.1) is 0 Å². The Morgan fingerprint density at radius 3 is 2.32 bits per heavy atom. The van der Waals surface area contributed by atoms with Crippen molar-refractivity contribution in [3.63, 3.8) is 0 Å². The normalized spacial score (nSPS) is 16.6. The van der Waals surface area contributed by atoms with Gasteiger partial charge >= 0.3 is 6.09 Å². The Morgan fingerprint density at radius 2 is 1.76 bits per heavy atom. The molecule has 0 aromatic carbocycles. The SMILES string of the molecule is CN=C(NCCCN1CCCC1)NCC(C)(C)NC(=O)OC(C)(C)C. The van der Waals surface area contributed by atoms with Crippen molar-refractivity contribution < 1.29 is 9.53 Å². The third kappa shape index (κ3) is 10.2. The van der Waals surface area contributed by atoms with E-state index < -0.39 is 17.2 Å². The minimum Gasteiger partial charge on any atom is -0.444 e. The van der Waals surface area contributed by atoms with E-state index in [1.807, 2.05) is 34.6 Å². The molecule has 25 heavy (non-hydrogen) atoms. The van der Waals surface area contributed by atoms with Gasteiger partial charge in [0, 0.05) is 20.1 Å². The molecule has 0 aromatic rings. The first kappa shape index (κ1) is 21.5. The number of rotatable bonds is 7. The lowest BCUT2D eigenvalue weighted by Crippen LogP contribution is -2.54. The zero-order valence-electron chi connectivity index (χ0n) is 16.9. The van der Waals surface area contributed by atoms with E-state index in [4.69, 9.17) is 4.74 Å². The van der Waals surface area contributed by atoms with Crippen LogP contribution < -0.4 is 16.0 Å². The van der Waals surface area contributed by atoms with E-state index in [0.29, 0.717) is 6.54 Å². The lowest BCUT2D eigenvalue weighted by molar-refractivity contribution is 0.0474. The molecule has 0 radical (unpaired) electrons. The van der Waals surface area contributed by atoms with Crippen molar-refractivity contribution in [1.29, 1.82) is 0 Å². The topological polar surface area (TPSA) is 78.0 Å². The Hall–Kier alpha value is -1.50. The molecule has 3 N–H and O–H groups in total. The molecule has 1 saturated heterocycles. The van der Waals surface area contributed by atoms with E-state index in [2.05, 4.69) is 25.8 Å². The number of aliphatic imine (C=N–C) groups is 1. The van der Waals surface area contributed by atoms with Crippen LogP contribution in [-0.2, 0) is 4.74 Å². The molecule has 146 valence electrons. The first-order valence-corrected chi connectivity index (χ1v) is 9.29. The minimum absolute atomic E-state index is 0.409. The molecule has 0 spiro atoms. The van der Waals surface area contributed by atoms with E-state index in [-0.39, 0.29) is 0 Å². The van der Waals surface area contributed by atoms with E-state index in [1.54, 1.807) is 7.05 Å². The van der Waals surface area contributed by atoms with Crippen LogP contribution in [0.1, 0.15) is 53.9 Å². The summed E-state index contributed by atoms with van der Waals surface area (Å²) >= 11 is 0. The zero-order chi connectivity index (χ0) is 18.9. The Labute approximate surface area is 153 Å². The molecular weight excluding hydrogens is 318 g/mol. The molecule has 7 heteroatoms. The third-order valence-corrected chi connectivity index (χ3v) is 3.90. The number of nitrogens with zero attached hydrogens (tertiary/aromatic N) is 2. The fourth-order valence-corrected chi connectivity index (χ4v) is 2.67. The first-order valence-electron chi connectivity index (χ1n) is 9.29. The molecule has 0 saturated carbocycles. The Balaban J connectivity index is 2.25. The van der Waals surface area contributed by atoms with Gasteiger partial charge in [0.1, 0.15) is 5.60 Å². The number of hydrogen-bond acceptors (Lipinski definition) is 4. The van der Waals surface area contributed by atoms with Gasteiger partial charge in [0.25, 0.3) is 0 Å². The molecule has 1 rings (SSSR count). The van der Waals surface area contributed by atoms with Gasteiger partial charge in [-0.25, -0.2) is 4.79 Å². The maximum atomic E-state index is 11.9. The number of ether oxygens (including phenoxy) is 1. The van der Waals surface area contributed by atoms with E-state index >= 15 is 0 Å². The summed E-state index contributed by atoms with van der Waals surface area (Å²) in [6.07, 6.45) is 3.35. The van der Waals surface area contributed by atoms with Crippen molar-refractivity contribution in [2.45, 2.75) is 65.0 Å². The van der Waals surface area contributed by atoms with Crippen LogP contribution in [0, 0.1) is 0 Å². The standard InChI is InChI=1S/C18H37N5O2/c1-17(2,3)25-16(24)22-18(4,5)14-21-15(19-6)20-10-9-13-23-11-7-8-12-23/h7-14H2,1-6H3,(H,22,24)(H2,19,20,21). The highest BCUT2D eigenvalue weighted by atomic mass is 16.6. The lowest BCUT2D eigenvalue weighted by Gasteiger charge is -2.29. The van der Waals surface area contributed by atoms with Crippen molar-refractivity contribution in [3.8, 4) is 0 Å². The quantitative estimate of drug-likeness (QED) is 0.370. The van der Waals surface area contributed by atoms with Crippen molar-refractivity contribution in [2.75, 3.05) is 39.8 Å². The molecule has 1 heterocycles. The van der Waals surface area contributed by atoms with Crippen LogP contribution in [-0.4, -0.2) is 67.9 Å². The summed E-state index contributed by atoms with van der Waals surface area (Å²) in [7, 11) is 1.75. The third-order valence-electron chi connectivity index (χ3n) is 3.90. The fourth-order valence-electron chi connectivity index (χ4n) is 2.67. The van der Waals surface area contributed by atoms with Crippen LogP contribution >= 0.6 is 0 Å². The predicted octanol–water partition coefficient (Wildman–Crippen LogP) is 1.94. The van der Waals surface area contributed by atoms with Crippen molar-refractivity contribution >= 4 is 12.1 Å². The van der Waals surface area contributed by atoms with Gasteiger partial charge in [0.2, 0.25) is 0 Å². The zero-order valence-corrected chi connectivity index (χ0v) is 16.9. The van der Waals surface area contributed by atoms with Gasteiger partial charge in [-0.2, -0.15) is 0 Å². The first-order chi connectivity index (χ1) is 11.6. The summed E-state index contributed by atoms with van der Waals surface area (Å²) in [6, 6.07) is 0. The predicted molar refractivity (Wildman–Crippen MR) is 103 cm³/mol. The molecule has 0 unspecified atom stereocenters. The largest absolute Gasteiger partial charge is 0.444 e. The molecule has 0 atom stereocenters. The van der Waals surface area contributed by atoms with Gasteiger partial charge < -0.3 is 25.6 Å². The van der Waals surface area contributed by atoms with Gasteiger partial charge in [0.15, 0.2) is 5.96 Å². The smallest absolute Gasteiger partial charge is 0.408 e. The number of likely N-dealkylation sites (tertiary alicyclic amines) is 1. The average Bonchev–Trinajstić information content (AvgIpc) is 2.97. The number of guanidine groups is 1. The van der Waals surface area contributed by atoms with Crippen molar-refractivity contribution in [2.24, 2.45) is 4.99 Å². The van der Waals surface area contributed by atoms with Crippen LogP contribution in [0.15, 0.2) is 4.99 Å². The number of alkyl carbamates (subject to hydrolysis) is 1. The highest BCUT2D eigenvalue weighted by molar-refractivity contribution is 5.79. The molecule has 1 amide bonds. The molecule has 1 aliphatic heterocycles. The second-order valence-corrected chi connectivity index (χ2v) is 8.27. The number of carbonyl (C=O) groups excluding carboxylic acids is 1. The van der Waals surface area contributed by atoms with Crippen molar-refractivity contribution in [1.82, 2.24) is 20.9 Å². The second kappa shape index (κ2) is 9.85. The van der Waals surface area contributed by atoms with Gasteiger partial charge in [-0.3, -0.25) is 4.99 Å². The lowest BCUT2D eigenvalue weighted by atomic mass is 10.1. The van der Waals surface area contributed by atoms with Crippen LogP contribution in [0.25, 0.3) is 0 Å². The molecular formula is C18H37N5O2. The Kier molecular flexibility index (Phi) is 8.48. The number of carbonyl (C=O) groups is 1. The summed E-state index contributed by atoms with van der Waals surface area (Å²) in [5.41, 5.74) is -0.948. The molecule has 0 aliphatic carbocycles. The summed E-state index contributed by atoms with van der Waals surface area (Å²) in [5.74, 6) is 0.750. The molecule has 0 aromatic heterocycles. The van der Waals surface area contributed by atoms with E-state index in [1.165, 1.54) is 25.9 Å². The van der Waals surface area contributed by atoms with Gasteiger partial charge in [-0.05, 0) is 73.5 Å². The second-order valence-electron chi connectivity index (χ2n) is 8.27. The summed E-state index contributed by atoms with van der Waals surface area (Å²) in [6.45, 7) is 14.5. The van der Waals surface area contributed by atoms with Crippen LogP contribution in [0.5, 0.6) is 0 Å². The average molecular weight is 356 g/mol. The van der Waals surface area contributed by atoms with Crippen molar-refractivity contribution in [3.05, 3.63) is 0 Å². The van der Waals surface area contributed by atoms with E-state index in [0.717, 1.165) is 25.5 Å². The summed E-state index contributed by atoms with van der Waals surface area (Å²) in [5, 5.41) is 9.47. The van der Waals surface area contributed by atoms with Gasteiger partial charge in [0.05, 0.1) is 5.54 Å². The van der Waals surface area contributed by atoms with Crippen LogP contribution in [0.3, 0.4) is 0 Å². The van der Waals surface area contributed by atoms with Crippen LogP contribution in [0.2, 0.25) is 0 Å². The number of hydrogen-bond donors (Lipinski definition) is 3. The molecule has 0 bridgehead atoms. The summed E-state index contributed by atoms with van der Waals surface area (Å²) in [4.78, 5) is 18.7.